The first-order chi connectivity index (χ1) is 29.3. The molecule has 0 aliphatic rings. The summed E-state index contributed by atoms with van der Waals surface area (Å²) in [6.07, 6.45) is 0. The summed E-state index contributed by atoms with van der Waals surface area (Å²) < 4.78 is 9.01. The van der Waals surface area contributed by atoms with Crippen LogP contribution in [0.15, 0.2) is 223 Å². The van der Waals surface area contributed by atoms with Crippen LogP contribution in [0.3, 0.4) is 0 Å². The molecule has 59 heavy (non-hydrogen) atoms. The van der Waals surface area contributed by atoms with Crippen molar-refractivity contribution in [2.75, 3.05) is 4.90 Å². The molecule has 0 atom stereocenters. The van der Waals surface area contributed by atoms with E-state index in [2.05, 4.69) is 228 Å². The van der Waals surface area contributed by atoms with E-state index < -0.39 is 0 Å². The van der Waals surface area contributed by atoms with E-state index in [1.54, 1.807) is 0 Å². The molecule has 0 fully saturated rings. The Kier molecular flexibility index (Phi) is 7.54. The Morgan fingerprint density at radius 3 is 1.80 bits per heavy atom. The Morgan fingerprint density at radius 1 is 0.356 bits per heavy atom. The molecule has 0 saturated heterocycles. The van der Waals surface area contributed by atoms with Crippen LogP contribution in [-0.2, 0) is 0 Å². The molecule has 0 amide bonds. The van der Waals surface area contributed by atoms with Gasteiger partial charge in [-0.2, -0.15) is 0 Å². The summed E-state index contributed by atoms with van der Waals surface area (Å²) in [5.74, 6) is 0. The fourth-order valence-electron chi connectivity index (χ4n) is 9.26. The molecule has 2 aromatic heterocycles. The second-order valence-corrected chi connectivity index (χ2v) is 15.3. The van der Waals surface area contributed by atoms with Crippen molar-refractivity contribution in [3.8, 4) is 27.9 Å². The molecule has 12 rings (SSSR count). The zero-order valence-corrected chi connectivity index (χ0v) is 32.1. The maximum absolute atomic E-state index is 6.62. The number of aromatic nitrogens is 1. The largest absolute Gasteiger partial charge is 0.456 e. The molecule has 0 aliphatic carbocycles. The van der Waals surface area contributed by atoms with E-state index in [0.29, 0.717) is 0 Å². The molecule has 0 radical (unpaired) electrons. The van der Waals surface area contributed by atoms with E-state index in [0.717, 1.165) is 61.3 Å². The summed E-state index contributed by atoms with van der Waals surface area (Å²) in [6, 6.07) is 78.8. The van der Waals surface area contributed by atoms with Gasteiger partial charge < -0.3 is 13.9 Å². The van der Waals surface area contributed by atoms with Crippen LogP contribution in [0.2, 0.25) is 0 Å². The Labute approximate surface area is 341 Å². The van der Waals surface area contributed by atoms with E-state index in [1.807, 2.05) is 0 Å². The lowest BCUT2D eigenvalue weighted by atomic mass is 9.92. The lowest BCUT2D eigenvalue weighted by Gasteiger charge is -2.29. The predicted molar refractivity (Wildman–Crippen MR) is 249 cm³/mol. The molecule has 0 aliphatic heterocycles. The van der Waals surface area contributed by atoms with Crippen molar-refractivity contribution in [2.24, 2.45) is 0 Å². The third-order valence-electron chi connectivity index (χ3n) is 12.0. The highest BCUT2D eigenvalue weighted by atomic mass is 16.3. The van der Waals surface area contributed by atoms with Gasteiger partial charge >= 0.3 is 0 Å². The molecule has 0 bridgehead atoms. The van der Waals surface area contributed by atoms with Crippen LogP contribution < -0.4 is 4.90 Å². The van der Waals surface area contributed by atoms with Crippen LogP contribution in [0.25, 0.3) is 93.2 Å². The van der Waals surface area contributed by atoms with Crippen LogP contribution in [-0.4, -0.2) is 4.57 Å². The molecular weight excluding hydrogens is 717 g/mol. The fraction of sp³-hybridized carbons (Fsp3) is 0. The SMILES string of the molecule is c1ccc(-c2ccc(N(c3ccc4c5ccccc5n(-c5ccccc5)c4c3)c3ccc4oc5ccccc5c4c3-c3ccc4ccc5ccccc5c4c3)cc2)cc1. The Morgan fingerprint density at radius 2 is 0.966 bits per heavy atom. The fourth-order valence-corrected chi connectivity index (χ4v) is 9.26. The molecule has 0 saturated carbocycles. The molecule has 276 valence electrons. The van der Waals surface area contributed by atoms with Crippen LogP contribution in [0.1, 0.15) is 0 Å². The summed E-state index contributed by atoms with van der Waals surface area (Å²) in [4.78, 5) is 2.44. The van der Waals surface area contributed by atoms with Gasteiger partial charge in [0.1, 0.15) is 11.2 Å². The van der Waals surface area contributed by atoms with Gasteiger partial charge in [0.2, 0.25) is 0 Å². The monoisotopic (exact) mass is 752 g/mol. The summed E-state index contributed by atoms with van der Waals surface area (Å²) >= 11 is 0. The summed E-state index contributed by atoms with van der Waals surface area (Å²) in [6.45, 7) is 0. The average molecular weight is 753 g/mol. The molecule has 3 heteroatoms. The topological polar surface area (TPSA) is 21.3 Å². The van der Waals surface area contributed by atoms with E-state index in [1.165, 1.54) is 49.0 Å². The highest BCUT2D eigenvalue weighted by Crippen LogP contribution is 2.49. The van der Waals surface area contributed by atoms with Crippen LogP contribution in [0.4, 0.5) is 17.1 Å². The van der Waals surface area contributed by atoms with E-state index in [-0.39, 0.29) is 0 Å². The van der Waals surface area contributed by atoms with Crippen molar-refractivity contribution >= 4 is 82.4 Å². The molecule has 3 nitrogen and oxygen atoms in total. The number of hydrogen-bond acceptors (Lipinski definition) is 2. The zero-order chi connectivity index (χ0) is 38.9. The lowest BCUT2D eigenvalue weighted by molar-refractivity contribution is 0.669. The number of fused-ring (bicyclic) bond motifs is 9. The highest BCUT2D eigenvalue weighted by Gasteiger charge is 2.24. The second kappa shape index (κ2) is 13.4. The molecule has 0 unspecified atom stereocenters. The van der Waals surface area contributed by atoms with Crippen molar-refractivity contribution in [1.82, 2.24) is 4.57 Å². The standard InChI is InChI=1S/C56H36N2O/c1-3-13-37(14-4-1)38-27-29-43(30-28-38)57(44-31-32-47-46-19-9-11-21-50(46)58(52(47)36-44)42-16-5-2-6-17-42)51-33-34-54-56(48-20-10-12-22-53(48)59-54)55(51)41-26-25-40-24-23-39-15-7-8-18-45(39)49(40)35-41/h1-36H. The maximum Gasteiger partial charge on any atom is 0.136 e. The molecule has 2 heterocycles. The molecule has 0 N–H and O–H groups in total. The number of anilines is 3. The molecule has 12 aromatic rings. The van der Waals surface area contributed by atoms with Crippen LogP contribution >= 0.6 is 0 Å². The molecule has 10 aromatic carbocycles. The third-order valence-corrected chi connectivity index (χ3v) is 12.0. The maximum atomic E-state index is 6.62. The Bertz CT molecular complexity index is 3540. The summed E-state index contributed by atoms with van der Waals surface area (Å²) in [5.41, 5.74) is 13.0. The van der Waals surface area contributed by atoms with Gasteiger partial charge in [0, 0.05) is 44.2 Å². The predicted octanol–water partition coefficient (Wildman–Crippen LogP) is 15.8. The summed E-state index contributed by atoms with van der Waals surface area (Å²) in [7, 11) is 0. The first-order valence-electron chi connectivity index (χ1n) is 20.2. The van der Waals surface area contributed by atoms with Crippen LogP contribution in [0, 0.1) is 0 Å². The number of nitrogens with zero attached hydrogens (tertiary/aromatic N) is 2. The summed E-state index contributed by atoms with van der Waals surface area (Å²) in [5, 5.41) is 9.54. The van der Waals surface area contributed by atoms with Gasteiger partial charge in [0.05, 0.1) is 16.7 Å². The number of hydrogen-bond donors (Lipinski definition) is 0. The van der Waals surface area contributed by atoms with Crippen molar-refractivity contribution < 1.29 is 4.42 Å². The third kappa shape index (κ3) is 5.36. The first kappa shape index (κ1) is 33.3. The van der Waals surface area contributed by atoms with Crippen molar-refractivity contribution in [1.29, 1.82) is 0 Å². The molecular formula is C56H36N2O. The first-order valence-corrected chi connectivity index (χ1v) is 20.2. The van der Waals surface area contributed by atoms with Crippen LogP contribution in [0.5, 0.6) is 0 Å². The number of furan rings is 1. The Balaban J connectivity index is 1.17. The van der Waals surface area contributed by atoms with Gasteiger partial charge in [-0.05, 0) is 105 Å². The average Bonchev–Trinajstić information content (AvgIpc) is 3.85. The highest BCUT2D eigenvalue weighted by molar-refractivity contribution is 6.18. The quantitative estimate of drug-likeness (QED) is 0.158. The van der Waals surface area contributed by atoms with Crippen molar-refractivity contribution in [2.45, 2.75) is 0 Å². The van der Waals surface area contributed by atoms with Crippen molar-refractivity contribution in [3.63, 3.8) is 0 Å². The normalized spacial score (nSPS) is 11.7. The van der Waals surface area contributed by atoms with Gasteiger partial charge in [0.25, 0.3) is 0 Å². The lowest BCUT2D eigenvalue weighted by Crippen LogP contribution is -2.11. The minimum Gasteiger partial charge on any atom is -0.456 e. The van der Waals surface area contributed by atoms with Gasteiger partial charge in [-0.15, -0.1) is 0 Å². The zero-order valence-electron chi connectivity index (χ0n) is 32.1. The number of rotatable bonds is 6. The number of para-hydroxylation sites is 3. The van der Waals surface area contributed by atoms with Gasteiger partial charge in [-0.3, -0.25) is 0 Å². The second-order valence-electron chi connectivity index (χ2n) is 15.3. The van der Waals surface area contributed by atoms with Gasteiger partial charge in [-0.25, -0.2) is 0 Å². The van der Waals surface area contributed by atoms with Crippen molar-refractivity contribution in [3.05, 3.63) is 218 Å². The van der Waals surface area contributed by atoms with E-state index in [4.69, 9.17) is 4.42 Å². The smallest absolute Gasteiger partial charge is 0.136 e. The van der Waals surface area contributed by atoms with E-state index in [9.17, 15) is 0 Å². The number of benzene rings is 10. The minimum absolute atomic E-state index is 0.863. The van der Waals surface area contributed by atoms with Gasteiger partial charge in [0.15, 0.2) is 0 Å². The Hall–Kier alpha value is -7.88. The van der Waals surface area contributed by atoms with E-state index >= 15 is 0 Å². The molecule has 0 spiro atoms. The minimum atomic E-state index is 0.863. The van der Waals surface area contributed by atoms with Gasteiger partial charge in [-0.1, -0.05) is 152 Å².